The van der Waals surface area contributed by atoms with Crippen LogP contribution in [0, 0.1) is 0 Å². The summed E-state index contributed by atoms with van der Waals surface area (Å²) in [5, 5.41) is 2.61. The number of thiazole rings is 1. The summed E-state index contributed by atoms with van der Waals surface area (Å²) in [6, 6.07) is 13.9. The average molecular weight is 457 g/mol. The Hall–Kier alpha value is -2.55. The van der Waals surface area contributed by atoms with Crippen LogP contribution in [0.15, 0.2) is 58.8 Å². The molecule has 0 bridgehead atoms. The molecule has 2 heterocycles. The number of aromatic nitrogens is 1. The largest absolute Gasteiger partial charge is 0.497 e. The minimum atomic E-state index is -3.45. The smallest absolute Gasteiger partial charge is 0.243 e. The number of Topliss-reactive ketones (excluding diaryl/α,β-unsaturated/α-hetero) is 1. The van der Waals surface area contributed by atoms with E-state index in [1.807, 2.05) is 5.38 Å². The van der Waals surface area contributed by atoms with Crippen LogP contribution in [0.4, 0.5) is 0 Å². The number of carbonyl (C=O) groups is 1. The lowest BCUT2D eigenvalue weighted by atomic mass is 10.1. The second kappa shape index (κ2) is 9.30. The van der Waals surface area contributed by atoms with Gasteiger partial charge in [0.25, 0.3) is 0 Å². The van der Waals surface area contributed by atoms with Crippen molar-refractivity contribution in [3.05, 3.63) is 64.5 Å². The fraction of sp³-hybridized carbons (Fsp3) is 0.304. The molecule has 0 amide bonds. The lowest BCUT2D eigenvalue weighted by Gasteiger charge is -2.25. The number of nitrogens with zero attached hydrogens (tertiary/aromatic N) is 2. The van der Waals surface area contributed by atoms with Crippen molar-refractivity contribution in [3.63, 3.8) is 0 Å². The second-order valence-corrected chi connectivity index (χ2v) is 10.3. The summed E-state index contributed by atoms with van der Waals surface area (Å²) in [5.74, 6) is 0.619. The van der Waals surface area contributed by atoms with Crippen LogP contribution < -0.4 is 4.74 Å². The van der Waals surface area contributed by atoms with Gasteiger partial charge in [-0.2, -0.15) is 4.31 Å². The van der Waals surface area contributed by atoms with Crippen molar-refractivity contribution in [3.8, 4) is 17.0 Å². The van der Waals surface area contributed by atoms with Gasteiger partial charge in [0, 0.05) is 29.6 Å². The van der Waals surface area contributed by atoms with Gasteiger partial charge in [0.15, 0.2) is 5.78 Å². The Labute approximate surface area is 186 Å². The number of methoxy groups -OCH3 is 1. The summed E-state index contributed by atoms with van der Waals surface area (Å²) >= 11 is 1.42. The molecule has 0 atom stereocenters. The van der Waals surface area contributed by atoms with Crippen LogP contribution in [0.25, 0.3) is 11.3 Å². The van der Waals surface area contributed by atoms with Crippen molar-refractivity contribution in [2.24, 2.45) is 0 Å². The number of hydrogen-bond donors (Lipinski definition) is 0. The Morgan fingerprint density at radius 3 is 2.55 bits per heavy atom. The highest BCUT2D eigenvalue weighted by Crippen LogP contribution is 2.26. The Morgan fingerprint density at radius 2 is 1.84 bits per heavy atom. The molecule has 1 aromatic heterocycles. The fourth-order valence-electron chi connectivity index (χ4n) is 3.61. The monoisotopic (exact) mass is 456 g/mol. The predicted octanol–water partition coefficient (Wildman–Crippen LogP) is 4.42. The summed E-state index contributed by atoms with van der Waals surface area (Å²) in [6.45, 7) is 1.17. The minimum absolute atomic E-state index is 0.0252. The molecule has 0 saturated carbocycles. The Morgan fingerprint density at radius 1 is 1.10 bits per heavy atom. The van der Waals surface area contributed by atoms with Crippen LogP contribution in [0.2, 0.25) is 0 Å². The maximum Gasteiger partial charge on any atom is 0.243 e. The van der Waals surface area contributed by atoms with Crippen molar-refractivity contribution in [2.75, 3.05) is 20.2 Å². The third-order valence-electron chi connectivity index (χ3n) is 5.36. The molecule has 8 heteroatoms. The molecule has 0 spiro atoms. The van der Waals surface area contributed by atoms with Crippen molar-refractivity contribution in [1.82, 2.24) is 9.29 Å². The molecular formula is C23H24N2O4S2. The lowest BCUT2D eigenvalue weighted by molar-refractivity contribution is 0.0992. The van der Waals surface area contributed by atoms with Gasteiger partial charge < -0.3 is 4.74 Å². The number of carbonyl (C=O) groups excluding carboxylic acids is 1. The number of ketones is 1. The van der Waals surface area contributed by atoms with Crippen LogP contribution in [-0.4, -0.2) is 43.7 Å². The maximum atomic E-state index is 12.8. The van der Waals surface area contributed by atoms with E-state index in [1.165, 1.54) is 11.3 Å². The van der Waals surface area contributed by atoms with E-state index in [9.17, 15) is 13.2 Å². The van der Waals surface area contributed by atoms with Gasteiger partial charge >= 0.3 is 0 Å². The van der Waals surface area contributed by atoms with Gasteiger partial charge in [-0.1, -0.05) is 30.7 Å². The zero-order valence-corrected chi connectivity index (χ0v) is 18.9. The molecule has 0 unspecified atom stereocenters. The highest BCUT2D eigenvalue weighted by Gasteiger charge is 2.25. The molecule has 1 aliphatic rings. The van der Waals surface area contributed by atoms with Crippen molar-refractivity contribution < 1.29 is 17.9 Å². The lowest BCUT2D eigenvalue weighted by Crippen LogP contribution is -2.35. The molecule has 0 aliphatic carbocycles. The summed E-state index contributed by atoms with van der Waals surface area (Å²) in [4.78, 5) is 17.5. The zero-order valence-electron chi connectivity index (χ0n) is 17.3. The fourth-order valence-corrected chi connectivity index (χ4v) is 5.93. The number of hydrogen-bond acceptors (Lipinski definition) is 6. The molecule has 4 rings (SSSR count). The van der Waals surface area contributed by atoms with Gasteiger partial charge in [-0.3, -0.25) is 4.79 Å². The number of sulfonamides is 1. The molecule has 162 valence electrons. The molecule has 2 aromatic carbocycles. The Bertz CT molecular complexity index is 1160. The van der Waals surface area contributed by atoms with Crippen LogP contribution in [-0.2, 0) is 16.4 Å². The first-order valence-corrected chi connectivity index (χ1v) is 12.5. The summed E-state index contributed by atoms with van der Waals surface area (Å²) in [5.41, 5.74) is 2.15. The number of piperidine rings is 1. The van der Waals surface area contributed by atoms with Gasteiger partial charge in [-0.05, 0) is 37.1 Å². The summed E-state index contributed by atoms with van der Waals surface area (Å²) < 4.78 is 32.4. The van der Waals surface area contributed by atoms with E-state index in [-0.39, 0.29) is 12.2 Å². The first kappa shape index (κ1) is 21.7. The van der Waals surface area contributed by atoms with E-state index in [1.54, 1.807) is 59.9 Å². The van der Waals surface area contributed by atoms with E-state index >= 15 is 0 Å². The molecule has 1 aliphatic heterocycles. The van der Waals surface area contributed by atoms with Gasteiger partial charge in [-0.15, -0.1) is 11.3 Å². The van der Waals surface area contributed by atoms with Gasteiger partial charge in [-0.25, -0.2) is 13.4 Å². The van der Waals surface area contributed by atoms with Crippen LogP contribution in [0.1, 0.15) is 34.6 Å². The molecule has 0 radical (unpaired) electrons. The maximum absolute atomic E-state index is 12.8. The standard InChI is InChI=1S/C23H24N2O4S2/c1-29-19-7-5-6-18(14-19)22(26)15-23-24-21(16-30-23)17-8-10-20(11-9-17)31(27,28)25-12-3-2-4-13-25/h5-11,14,16H,2-4,12-13,15H2,1H3. The predicted molar refractivity (Wildman–Crippen MR) is 121 cm³/mol. The van der Waals surface area contributed by atoms with Crippen molar-refractivity contribution in [2.45, 2.75) is 30.6 Å². The molecule has 6 nitrogen and oxygen atoms in total. The van der Waals surface area contributed by atoms with Crippen LogP contribution in [0.5, 0.6) is 5.75 Å². The molecule has 3 aromatic rings. The molecule has 1 fully saturated rings. The molecule has 1 saturated heterocycles. The number of rotatable bonds is 7. The van der Waals surface area contributed by atoms with Gasteiger partial charge in [0.2, 0.25) is 10.0 Å². The average Bonchev–Trinajstić information content (AvgIpc) is 3.28. The Kier molecular flexibility index (Phi) is 6.50. The van der Waals surface area contributed by atoms with Crippen molar-refractivity contribution >= 4 is 27.1 Å². The van der Waals surface area contributed by atoms with E-state index in [2.05, 4.69) is 4.98 Å². The third kappa shape index (κ3) is 4.87. The summed E-state index contributed by atoms with van der Waals surface area (Å²) in [6.07, 6.45) is 3.11. The first-order valence-electron chi connectivity index (χ1n) is 10.2. The van der Waals surface area contributed by atoms with Crippen LogP contribution in [0.3, 0.4) is 0 Å². The second-order valence-electron chi connectivity index (χ2n) is 7.45. The minimum Gasteiger partial charge on any atom is -0.497 e. The molecule has 31 heavy (non-hydrogen) atoms. The Balaban J connectivity index is 1.47. The number of benzene rings is 2. The van der Waals surface area contributed by atoms with Gasteiger partial charge in [0.1, 0.15) is 10.8 Å². The summed E-state index contributed by atoms with van der Waals surface area (Å²) in [7, 11) is -1.88. The van der Waals surface area contributed by atoms with Crippen molar-refractivity contribution in [1.29, 1.82) is 0 Å². The molecule has 0 N–H and O–H groups in total. The SMILES string of the molecule is COc1cccc(C(=O)Cc2nc(-c3ccc(S(=O)(=O)N4CCCCC4)cc3)cs2)c1. The molecular weight excluding hydrogens is 432 g/mol. The topological polar surface area (TPSA) is 76.6 Å². The van der Waals surface area contributed by atoms with E-state index in [0.29, 0.717) is 34.3 Å². The van der Waals surface area contributed by atoms with Crippen LogP contribution >= 0.6 is 11.3 Å². The van der Waals surface area contributed by atoms with E-state index in [0.717, 1.165) is 30.5 Å². The van der Waals surface area contributed by atoms with Gasteiger partial charge in [0.05, 0.1) is 24.1 Å². The van der Waals surface area contributed by atoms with E-state index in [4.69, 9.17) is 4.74 Å². The highest BCUT2D eigenvalue weighted by atomic mass is 32.2. The first-order chi connectivity index (χ1) is 15.0. The number of ether oxygens (including phenoxy) is 1. The third-order valence-corrected chi connectivity index (χ3v) is 8.12. The highest BCUT2D eigenvalue weighted by molar-refractivity contribution is 7.89. The normalized spacial score (nSPS) is 15.0. The van der Waals surface area contributed by atoms with E-state index < -0.39 is 10.0 Å². The quantitative estimate of drug-likeness (QED) is 0.492. The zero-order chi connectivity index (χ0) is 21.8.